The van der Waals surface area contributed by atoms with E-state index in [4.69, 9.17) is 0 Å². The minimum Gasteiger partial charge on any atom is -0.268 e. The second kappa shape index (κ2) is 6.73. The Balaban J connectivity index is 1.92. The van der Waals surface area contributed by atoms with Crippen LogP contribution >= 0.6 is 15.9 Å². The van der Waals surface area contributed by atoms with Crippen molar-refractivity contribution in [3.05, 3.63) is 101 Å². The molecule has 1 heterocycles. The molecule has 0 bridgehead atoms. The summed E-state index contributed by atoms with van der Waals surface area (Å²) in [5.74, 6) is -0.615. The quantitative estimate of drug-likeness (QED) is 0.581. The van der Waals surface area contributed by atoms with E-state index in [-0.39, 0.29) is 11.8 Å². The monoisotopic (exact) mass is 403 g/mol. The Morgan fingerprint density at radius 2 is 1.12 bits per heavy atom. The molecule has 0 atom stereocenters. The molecule has 126 valence electrons. The zero-order valence-electron chi connectivity index (χ0n) is 13.7. The van der Waals surface area contributed by atoms with Gasteiger partial charge in [-0.2, -0.15) is 0 Å². The summed E-state index contributed by atoms with van der Waals surface area (Å²) in [6, 6.07) is 25.9. The lowest BCUT2D eigenvalue weighted by molar-refractivity contribution is -0.119. The molecule has 0 spiro atoms. The van der Waals surface area contributed by atoms with E-state index in [9.17, 15) is 9.59 Å². The van der Waals surface area contributed by atoms with Gasteiger partial charge in [0.1, 0.15) is 0 Å². The fourth-order valence-electron chi connectivity index (χ4n) is 3.12. The van der Waals surface area contributed by atoms with E-state index in [1.54, 1.807) is 12.1 Å². The van der Waals surface area contributed by atoms with Crippen LogP contribution in [0.25, 0.3) is 11.1 Å². The number of hydrogen-bond donors (Lipinski definition) is 0. The first kappa shape index (κ1) is 16.5. The van der Waals surface area contributed by atoms with Crippen LogP contribution in [0.15, 0.2) is 89.4 Å². The number of carbonyl (C=O) groups excluding carboxylic acids is 2. The molecule has 0 unspecified atom stereocenters. The first-order chi connectivity index (χ1) is 12.7. The molecule has 2 amide bonds. The predicted octanol–water partition coefficient (Wildman–Crippen LogP) is 4.93. The van der Waals surface area contributed by atoms with Gasteiger partial charge < -0.3 is 0 Å². The maximum atomic E-state index is 13.2. The van der Waals surface area contributed by atoms with Crippen molar-refractivity contribution < 1.29 is 9.59 Å². The zero-order valence-corrected chi connectivity index (χ0v) is 15.3. The number of benzene rings is 3. The van der Waals surface area contributed by atoms with Crippen molar-refractivity contribution in [3.63, 3.8) is 0 Å². The van der Waals surface area contributed by atoms with Crippen molar-refractivity contribution in [3.8, 4) is 0 Å². The Bertz CT molecular complexity index is 965. The highest BCUT2D eigenvalue weighted by Crippen LogP contribution is 2.38. The summed E-state index contributed by atoms with van der Waals surface area (Å²) in [7, 11) is 0. The van der Waals surface area contributed by atoms with Gasteiger partial charge in [0.05, 0.1) is 16.8 Å². The Hall–Kier alpha value is -2.98. The minimum atomic E-state index is -0.307. The molecule has 0 aliphatic carbocycles. The van der Waals surface area contributed by atoms with Crippen LogP contribution in [0.4, 0.5) is 5.69 Å². The fraction of sp³-hybridized carbons (Fsp3) is 0. The number of rotatable bonds is 3. The van der Waals surface area contributed by atoms with Gasteiger partial charge in [-0.3, -0.25) is 9.59 Å². The van der Waals surface area contributed by atoms with E-state index in [0.29, 0.717) is 16.8 Å². The molecule has 26 heavy (non-hydrogen) atoms. The van der Waals surface area contributed by atoms with Crippen molar-refractivity contribution in [1.82, 2.24) is 0 Å². The molecule has 1 aliphatic heterocycles. The maximum absolute atomic E-state index is 13.2. The molecule has 4 heteroatoms. The van der Waals surface area contributed by atoms with E-state index in [2.05, 4.69) is 15.9 Å². The van der Waals surface area contributed by atoms with E-state index in [1.807, 2.05) is 72.8 Å². The molecule has 3 aromatic carbocycles. The van der Waals surface area contributed by atoms with Crippen molar-refractivity contribution >= 4 is 44.6 Å². The standard InChI is InChI=1S/C22H14BrNO2/c23-17-12-7-13-18(14-17)24-21(25)19(15-8-3-1-4-9-15)20(22(24)26)16-10-5-2-6-11-16/h1-14H. The van der Waals surface area contributed by atoms with Crippen LogP contribution in [0.2, 0.25) is 0 Å². The van der Waals surface area contributed by atoms with E-state index in [1.165, 1.54) is 4.90 Å². The fourth-order valence-corrected chi connectivity index (χ4v) is 3.51. The van der Waals surface area contributed by atoms with Crippen molar-refractivity contribution in [2.45, 2.75) is 0 Å². The highest BCUT2D eigenvalue weighted by molar-refractivity contribution is 9.10. The van der Waals surface area contributed by atoms with Gasteiger partial charge in [-0.1, -0.05) is 82.7 Å². The first-order valence-electron chi connectivity index (χ1n) is 8.16. The largest absolute Gasteiger partial charge is 0.268 e. The summed E-state index contributed by atoms with van der Waals surface area (Å²) >= 11 is 3.41. The molecule has 0 saturated heterocycles. The number of anilines is 1. The summed E-state index contributed by atoms with van der Waals surface area (Å²) < 4.78 is 0.810. The van der Waals surface area contributed by atoms with Gasteiger partial charge >= 0.3 is 0 Å². The Labute approximate surface area is 159 Å². The predicted molar refractivity (Wildman–Crippen MR) is 106 cm³/mol. The zero-order chi connectivity index (χ0) is 18.1. The lowest BCUT2D eigenvalue weighted by Crippen LogP contribution is -2.31. The van der Waals surface area contributed by atoms with Gasteiger partial charge in [0.2, 0.25) is 0 Å². The van der Waals surface area contributed by atoms with Crippen molar-refractivity contribution in [2.75, 3.05) is 4.90 Å². The number of imide groups is 1. The maximum Gasteiger partial charge on any atom is 0.266 e. The van der Waals surface area contributed by atoms with Crippen LogP contribution in [-0.4, -0.2) is 11.8 Å². The van der Waals surface area contributed by atoms with Crippen LogP contribution in [0, 0.1) is 0 Å². The Morgan fingerprint density at radius 3 is 1.58 bits per heavy atom. The second-order valence-corrected chi connectivity index (χ2v) is 6.82. The van der Waals surface area contributed by atoms with Crippen LogP contribution in [-0.2, 0) is 9.59 Å². The topological polar surface area (TPSA) is 37.4 Å². The van der Waals surface area contributed by atoms with Crippen LogP contribution < -0.4 is 4.90 Å². The van der Waals surface area contributed by atoms with Gasteiger partial charge in [-0.15, -0.1) is 0 Å². The third-order valence-electron chi connectivity index (χ3n) is 4.28. The molecule has 0 aromatic heterocycles. The molecule has 0 fully saturated rings. The molecular formula is C22H14BrNO2. The van der Waals surface area contributed by atoms with E-state index >= 15 is 0 Å². The Morgan fingerprint density at radius 1 is 0.615 bits per heavy atom. The minimum absolute atomic E-state index is 0.307. The van der Waals surface area contributed by atoms with E-state index < -0.39 is 0 Å². The summed E-state index contributed by atoms with van der Waals surface area (Å²) in [5, 5.41) is 0. The molecule has 0 N–H and O–H groups in total. The van der Waals surface area contributed by atoms with Gasteiger partial charge in [0.15, 0.2) is 0 Å². The SMILES string of the molecule is O=C1C(c2ccccc2)=C(c2ccccc2)C(=O)N1c1cccc(Br)c1. The molecule has 1 aliphatic rings. The lowest BCUT2D eigenvalue weighted by Gasteiger charge is -2.15. The summed E-state index contributed by atoms with van der Waals surface area (Å²) in [6.45, 7) is 0. The van der Waals surface area contributed by atoms with Gasteiger partial charge in [0.25, 0.3) is 11.8 Å². The average Bonchev–Trinajstić information content (AvgIpc) is 2.93. The van der Waals surface area contributed by atoms with Crippen LogP contribution in [0.5, 0.6) is 0 Å². The smallest absolute Gasteiger partial charge is 0.266 e. The number of nitrogens with zero attached hydrogens (tertiary/aromatic N) is 1. The third-order valence-corrected chi connectivity index (χ3v) is 4.77. The highest BCUT2D eigenvalue weighted by atomic mass is 79.9. The first-order valence-corrected chi connectivity index (χ1v) is 8.95. The van der Waals surface area contributed by atoms with Crippen molar-refractivity contribution in [1.29, 1.82) is 0 Å². The summed E-state index contributed by atoms with van der Waals surface area (Å²) in [5.41, 5.74) is 2.89. The summed E-state index contributed by atoms with van der Waals surface area (Å²) in [6.07, 6.45) is 0. The molecule has 3 aromatic rings. The van der Waals surface area contributed by atoms with Gasteiger partial charge in [-0.25, -0.2) is 4.90 Å². The average molecular weight is 404 g/mol. The van der Waals surface area contributed by atoms with E-state index in [0.717, 1.165) is 15.6 Å². The number of hydrogen-bond acceptors (Lipinski definition) is 2. The lowest BCUT2D eigenvalue weighted by atomic mass is 9.96. The number of carbonyl (C=O) groups is 2. The highest BCUT2D eigenvalue weighted by Gasteiger charge is 2.40. The van der Waals surface area contributed by atoms with Crippen LogP contribution in [0.1, 0.15) is 11.1 Å². The molecular weight excluding hydrogens is 390 g/mol. The number of halogens is 1. The summed E-state index contributed by atoms with van der Waals surface area (Å²) in [4.78, 5) is 27.7. The normalized spacial score (nSPS) is 14.3. The molecule has 3 nitrogen and oxygen atoms in total. The Kier molecular flexibility index (Phi) is 4.27. The van der Waals surface area contributed by atoms with Crippen molar-refractivity contribution in [2.24, 2.45) is 0 Å². The number of amides is 2. The second-order valence-electron chi connectivity index (χ2n) is 5.91. The third kappa shape index (κ3) is 2.78. The van der Waals surface area contributed by atoms with Gasteiger partial charge in [0, 0.05) is 4.47 Å². The molecule has 0 radical (unpaired) electrons. The van der Waals surface area contributed by atoms with Gasteiger partial charge in [-0.05, 0) is 29.3 Å². The van der Waals surface area contributed by atoms with Crippen LogP contribution in [0.3, 0.4) is 0 Å². The molecule has 0 saturated carbocycles. The molecule has 4 rings (SSSR count).